The Labute approximate surface area is 98.5 Å². The zero-order valence-corrected chi connectivity index (χ0v) is 9.33. The van der Waals surface area contributed by atoms with Crippen molar-refractivity contribution in [2.45, 2.75) is 6.92 Å². The number of amides is 2. The van der Waals surface area contributed by atoms with Crippen LogP contribution in [0.4, 0.5) is 10.5 Å². The van der Waals surface area contributed by atoms with Crippen LogP contribution in [0.2, 0.25) is 0 Å². The third-order valence-corrected chi connectivity index (χ3v) is 2.08. The molecule has 0 bridgehead atoms. The second kappa shape index (κ2) is 6.26. The number of carbonyl (C=O) groups excluding carboxylic acids is 2. The first-order chi connectivity index (χ1) is 8.22. The van der Waals surface area contributed by atoms with Crippen LogP contribution in [0.5, 0.6) is 0 Å². The van der Waals surface area contributed by atoms with E-state index in [9.17, 15) is 9.59 Å². The predicted octanol–water partition coefficient (Wildman–Crippen LogP) is 1.21. The van der Waals surface area contributed by atoms with Crippen molar-refractivity contribution in [3.05, 3.63) is 30.3 Å². The van der Waals surface area contributed by atoms with Gasteiger partial charge in [-0.05, 0) is 19.1 Å². The number of oxime groups is 1. The first-order valence-corrected chi connectivity index (χ1v) is 5.03. The third-order valence-electron chi connectivity index (χ3n) is 2.08. The predicted molar refractivity (Wildman–Crippen MR) is 63.3 cm³/mol. The molecule has 0 radical (unpaired) electrons. The fourth-order valence-corrected chi connectivity index (χ4v) is 1.31. The summed E-state index contributed by atoms with van der Waals surface area (Å²) in [6, 6.07) is 8.43. The minimum absolute atomic E-state index is 0.261. The maximum Gasteiger partial charge on any atom is 0.327 e. The van der Waals surface area contributed by atoms with Crippen LogP contribution in [-0.4, -0.2) is 29.9 Å². The highest BCUT2D eigenvalue weighted by atomic mass is 16.4. The Morgan fingerprint density at radius 3 is 2.59 bits per heavy atom. The number of aldehydes is 1. The Hall–Kier alpha value is -2.37. The van der Waals surface area contributed by atoms with Gasteiger partial charge >= 0.3 is 6.03 Å². The van der Waals surface area contributed by atoms with Crippen LogP contribution in [0.15, 0.2) is 35.5 Å². The van der Waals surface area contributed by atoms with Crippen LogP contribution in [-0.2, 0) is 4.79 Å². The lowest BCUT2D eigenvalue weighted by atomic mass is 10.3. The molecule has 17 heavy (non-hydrogen) atoms. The van der Waals surface area contributed by atoms with Crippen molar-refractivity contribution >= 4 is 23.8 Å². The van der Waals surface area contributed by atoms with E-state index in [0.29, 0.717) is 12.2 Å². The zero-order valence-electron chi connectivity index (χ0n) is 9.33. The summed E-state index contributed by atoms with van der Waals surface area (Å²) >= 11 is 0. The van der Waals surface area contributed by atoms with E-state index < -0.39 is 11.9 Å². The van der Waals surface area contributed by atoms with Crippen molar-refractivity contribution < 1.29 is 14.8 Å². The van der Waals surface area contributed by atoms with Crippen LogP contribution in [0.25, 0.3) is 0 Å². The van der Waals surface area contributed by atoms with Gasteiger partial charge in [-0.1, -0.05) is 23.4 Å². The largest absolute Gasteiger partial charge is 0.409 e. The van der Waals surface area contributed by atoms with E-state index in [-0.39, 0.29) is 6.29 Å². The molecule has 6 heteroatoms. The van der Waals surface area contributed by atoms with Gasteiger partial charge in [0.1, 0.15) is 0 Å². The number of rotatable bonds is 3. The van der Waals surface area contributed by atoms with E-state index in [0.717, 1.165) is 0 Å². The van der Waals surface area contributed by atoms with Crippen molar-refractivity contribution in [1.82, 2.24) is 5.32 Å². The standard InChI is InChI=1S/C11H13N3O3/c1-2-14(9-6-4-3-5-7-9)11(16)12-10(8-15)13-17/h3-8,17H,2H2,1H3,(H,12,13,16). The third kappa shape index (κ3) is 3.30. The molecule has 90 valence electrons. The van der Waals surface area contributed by atoms with Crippen molar-refractivity contribution in [3.8, 4) is 0 Å². The van der Waals surface area contributed by atoms with E-state index >= 15 is 0 Å². The molecule has 1 rings (SSSR count). The molecule has 0 fully saturated rings. The molecule has 0 aliphatic rings. The van der Waals surface area contributed by atoms with E-state index in [1.807, 2.05) is 6.07 Å². The number of hydrogen-bond donors (Lipinski definition) is 2. The highest BCUT2D eigenvalue weighted by Crippen LogP contribution is 2.12. The van der Waals surface area contributed by atoms with Gasteiger partial charge in [-0.25, -0.2) is 4.79 Å². The topological polar surface area (TPSA) is 82.0 Å². The molecule has 2 N–H and O–H groups in total. The van der Waals surface area contributed by atoms with Crippen LogP contribution in [0.1, 0.15) is 6.92 Å². The molecule has 2 amide bonds. The molecule has 0 atom stereocenters. The molecule has 0 aromatic heterocycles. The van der Waals surface area contributed by atoms with Gasteiger partial charge in [-0.15, -0.1) is 0 Å². The molecule has 0 heterocycles. The van der Waals surface area contributed by atoms with Gasteiger partial charge in [-0.3, -0.25) is 15.0 Å². The number of carbonyl (C=O) groups is 2. The minimum Gasteiger partial charge on any atom is -0.409 e. The summed E-state index contributed by atoms with van der Waals surface area (Å²) in [5.74, 6) is -0.426. The first kappa shape index (κ1) is 12.7. The number of para-hydroxylation sites is 1. The Morgan fingerprint density at radius 2 is 2.12 bits per heavy atom. The van der Waals surface area contributed by atoms with E-state index in [1.165, 1.54) is 4.90 Å². The second-order valence-electron chi connectivity index (χ2n) is 3.11. The van der Waals surface area contributed by atoms with Gasteiger partial charge in [0.25, 0.3) is 0 Å². The molecule has 6 nitrogen and oxygen atoms in total. The molecular formula is C11H13N3O3. The molecule has 0 aliphatic carbocycles. The quantitative estimate of drug-likeness (QED) is 0.271. The monoisotopic (exact) mass is 235 g/mol. The fraction of sp³-hybridized carbons (Fsp3) is 0.182. The second-order valence-corrected chi connectivity index (χ2v) is 3.11. The van der Waals surface area contributed by atoms with Crippen LogP contribution >= 0.6 is 0 Å². The van der Waals surface area contributed by atoms with Gasteiger partial charge < -0.3 is 5.21 Å². The van der Waals surface area contributed by atoms with Gasteiger partial charge in [0.05, 0.1) is 0 Å². The summed E-state index contributed by atoms with van der Waals surface area (Å²) in [6.07, 6.45) is 0.261. The fourth-order valence-electron chi connectivity index (χ4n) is 1.31. The lowest BCUT2D eigenvalue weighted by Crippen LogP contribution is -2.43. The highest BCUT2D eigenvalue weighted by Gasteiger charge is 2.15. The summed E-state index contributed by atoms with van der Waals surface area (Å²) in [5.41, 5.74) is 0.690. The summed E-state index contributed by atoms with van der Waals surface area (Å²) in [5, 5.41) is 13.3. The maximum atomic E-state index is 11.8. The summed E-state index contributed by atoms with van der Waals surface area (Å²) in [4.78, 5) is 23.6. The smallest absolute Gasteiger partial charge is 0.327 e. The Bertz CT molecular complexity index is 417. The molecule has 1 aromatic carbocycles. The number of anilines is 1. The summed E-state index contributed by atoms with van der Waals surface area (Å²) < 4.78 is 0. The van der Waals surface area contributed by atoms with Gasteiger partial charge in [-0.2, -0.15) is 0 Å². The highest BCUT2D eigenvalue weighted by molar-refractivity contribution is 6.31. The number of hydrogen-bond acceptors (Lipinski definition) is 4. The Morgan fingerprint density at radius 1 is 1.47 bits per heavy atom. The van der Waals surface area contributed by atoms with Crippen molar-refractivity contribution in [1.29, 1.82) is 0 Å². The lowest BCUT2D eigenvalue weighted by Gasteiger charge is -2.20. The molecular weight excluding hydrogens is 222 g/mol. The summed E-state index contributed by atoms with van der Waals surface area (Å²) in [6.45, 7) is 2.22. The minimum atomic E-state index is -0.529. The SMILES string of the molecule is CCN(C(=O)NC(C=O)=NO)c1ccccc1. The average Bonchev–Trinajstić information content (AvgIpc) is 2.38. The number of nitrogens with zero attached hydrogens (tertiary/aromatic N) is 2. The zero-order chi connectivity index (χ0) is 12.7. The maximum absolute atomic E-state index is 11.8. The molecule has 0 aliphatic heterocycles. The Kier molecular flexibility index (Phi) is 4.68. The van der Waals surface area contributed by atoms with Gasteiger partial charge in [0.15, 0.2) is 6.29 Å². The van der Waals surface area contributed by atoms with Crippen LogP contribution < -0.4 is 10.2 Å². The molecule has 0 unspecified atom stereocenters. The summed E-state index contributed by atoms with van der Waals surface area (Å²) in [7, 11) is 0. The number of nitrogens with one attached hydrogen (secondary N) is 1. The molecule has 0 saturated heterocycles. The lowest BCUT2D eigenvalue weighted by molar-refractivity contribution is -0.103. The van der Waals surface area contributed by atoms with Crippen molar-refractivity contribution in [2.24, 2.45) is 5.16 Å². The molecule has 0 saturated carbocycles. The Balaban J connectivity index is 2.82. The molecule has 1 aromatic rings. The van der Waals surface area contributed by atoms with Gasteiger partial charge in [0, 0.05) is 12.2 Å². The first-order valence-electron chi connectivity index (χ1n) is 5.03. The number of urea groups is 1. The van der Waals surface area contributed by atoms with Crippen LogP contribution in [0.3, 0.4) is 0 Å². The van der Waals surface area contributed by atoms with Crippen molar-refractivity contribution in [2.75, 3.05) is 11.4 Å². The van der Waals surface area contributed by atoms with E-state index in [2.05, 4.69) is 10.5 Å². The number of amidine groups is 1. The van der Waals surface area contributed by atoms with E-state index in [4.69, 9.17) is 5.21 Å². The van der Waals surface area contributed by atoms with Crippen LogP contribution in [0, 0.1) is 0 Å². The number of benzene rings is 1. The molecule has 0 spiro atoms. The normalized spacial score (nSPS) is 10.8. The van der Waals surface area contributed by atoms with Crippen molar-refractivity contribution in [3.63, 3.8) is 0 Å². The van der Waals surface area contributed by atoms with E-state index in [1.54, 1.807) is 31.2 Å². The van der Waals surface area contributed by atoms with Gasteiger partial charge in [0.2, 0.25) is 5.84 Å². The average molecular weight is 235 g/mol.